The summed E-state index contributed by atoms with van der Waals surface area (Å²) in [5.41, 5.74) is 3.16. The van der Waals surface area contributed by atoms with E-state index in [1.165, 1.54) is 12.1 Å². The van der Waals surface area contributed by atoms with Crippen LogP contribution in [0.3, 0.4) is 0 Å². The van der Waals surface area contributed by atoms with Crippen LogP contribution in [-0.2, 0) is 11.3 Å². The number of ether oxygens (including phenoxy) is 2. The van der Waals surface area contributed by atoms with Gasteiger partial charge in [0.15, 0.2) is 0 Å². The van der Waals surface area contributed by atoms with Crippen molar-refractivity contribution in [3.8, 4) is 5.75 Å². The molecular weight excluding hydrogens is 448 g/mol. The van der Waals surface area contributed by atoms with Crippen molar-refractivity contribution < 1.29 is 14.4 Å². The Labute approximate surface area is 203 Å². The van der Waals surface area contributed by atoms with Gasteiger partial charge in [0.25, 0.3) is 5.69 Å². The average Bonchev–Trinajstić information content (AvgIpc) is 3.30. The second-order valence-electron chi connectivity index (χ2n) is 8.17. The lowest BCUT2D eigenvalue weighted by Gasteiger charge is -2.25. The number of nitro benzene ring substituents is 1. The maximum absolute atomic E-state index is 11.0. The van der Waals surface area contributed by atoms with Gasteiger partial charge >= 0.3 is 0 Å². The summed E-state index contributed by atoms with van der Waals surface area (Å²) >= 11 is 0. The SMILES string of the molecule is COc1c(CN(C)C)cccc1C1OC(c2ccncc2)=NN1C(C)=Nc1ccc([N+](=O)[O-])cc1. The lowest BCUT2D eigenvalue weighted by atomic mass is 10.1. The van der Waals surface area contributed by atoms with Crippen LogP contribution in [-0.4, -0.2) is 52.8 Å². The summed E-state index contributed by atoms with van der Waals surface area (Å²) in [6.07, 6.45) is 2.72. The first-order valence-corrected chi connectivity index (χ1v) is 10.9. The highest BCUT2D eigenvalue weighted by atomic mass is 16.6. The number of rotatable bonds is 7. The second-order valence-corrected chi connectivity index (χ2v) is 8.17. The summed E-state index contributed by atoms with van der Waals surface area (Å²) in [6, 6.07) is 15.6. The number of nitrogens with zero attached hydrogens (tertiary/aromatic N) is 6. The van der Waals surface area contributed by atoms with Gasteiger partial charge in [-0.3, -0.25) is 15.1 Å². The van der Waals surface area contributed by atoms with Gasteiger partial charge < -0.3 is 14.4 Å². The largest absolute Gasteiger partial charge is 0.496 e. The molecule has 180 valence electrons. The molecule has 1 atom stereocenters. The Bertz CT molecular complexity index is 1260. The van der Waals surface area contributed by atoms with Crippen LogP contribution in [0, 0.1) is 10.1 Å². The molecule has 3 aromatic rings. The molecule has 0 bridgehead atoms. The molecule has 2 aromatic carbocycles. The van der Waals surface area contributed by atoms with Crippen molar-refractivity contribution in [3.05, 3.63) is 93.8 Å². The highest BCUT2D eigenvalue weighted by Gasteiger charge is 2.35. The number of para-hydroxylation sites is 1. The Balaban J connectivity index is 1.75. The van der Waals surface area contributed by atoms with E-state index in [2.05, 4.69) is 14.9 Å². The third kappa shape index (κ3) is 5.28. The Hall–Kier alpha value is -4.31. The Morgan fingerprint density at radius 3 is 2.51 bits per heavy atom. The number of amidine groups is 1. The summed E-state index contributed by atoms with van der Waals surface area (Å²) in [7, 11) is 5.63. The zero-order valence-electron chi connectivity index (χ0n) is 20.0. The third-order valence-electron chi connectivity index (χ3n) is 5.34. The van der Waals surface area contributed by atoms with Gasteiger partial charge in [-0.2, -0.15) is 0 Å². The molecule has 10 heteroatoms. The van der Waals surface area contributed by atoms with Crippen molar-refractivity contribution in [1.29, 1.82) is 0 Å². The minimum Gasteiger partial charge on any atom is -0.496 e. The number of pyridine rings is 1. The molecule has 0 radical (unpaired) electrons. The Kier molecular flexibility index (Phi) is 7.02. The van der Waals surface area contributed by atoms with Crippen LogP contribution in [0.1, 0.15) is 29.8 Å². The fraction of sp³-hybridized carbons (Fsp3) is 0.240. The summed E-state index contributed by atoms with van der Waals surface area (Å²) in [5, 5.41) is 17.4. The molecular formula is C25H26N6O4. The maximum atomic E-state index is 11.0. The number of nitro groups is 1. The standard InChI is InChI=1S/C25H26N6O4/c1-17(27-20-8-10-21(11-9-20)31(32)33)30-25(35-24(28-30)18-12-14-26-15-13-18)22-7-5-6-19(16-29(2)3)23(22)34-4/h5-15,25H,16H2,1-4H3. The molecule has 35 heavy (non-hydrogen) atoms. The fourth-order valence-corrected chi connectivity index (χ4v) is 3.79. The molecule has 0 N–H and O–H groups in total. The molecule has 2 heterocycles. The molecule has 0 spiro atoms. The molecule has 0 aliphatic carbocycles. The number of aromatic nitrogens is 1. The Morgan fingerprint density at radius 1 is 1.17 bits per heavy atom. The van der Waals surface area contributed by atoms with E-state index in [1.807, 2.05) is 51.4 Å². The number of benzene rings is 2. The quantitative estimate of drug-likeness (QED) is 0.215. The number of aliphatic imine (C=N–C) groups is 1. The maximum Gasteiger partial charge on any atom is 0.269 e. The molecule has 1 aliphatic rings. The molecule has 1 aliphatic heterocycles. The van der Waals surface area contributed by atoms with E-state index in [0.717, 1.165) is 16.7 Å². The molecule has 0 saturated heterocycles. The van der Waals surface area contributed by atoms with E-state index in [1.54, 1.807) is 36.6 Å². The van der Waals surface area contributed by atoms with Gasteiger partial charge in [-0.25, -0.2) is 10.0 Å². The Morgan fingerprint density at radius 2 is 1.89 bits per heavy atom. The average molecular weight is 475 g/mol. The zero-order chi connectivity index (χ0) is 24.9. The van der Waals surface area contributed by atoms with Gasteiger partial charge in [0.1, 0.15) is 11.6 Å². The molecule has 10 nitrogen and oxygen atoms in total. The third-order valence-corrected chi connectivity index (χ3v) is 5.34. The molecule has 0 amide bonds. The zero-order valence-corrected chi connectivity index (χ0v) is 20.0. The van der Waals surface area contributed by atoms with Crippen molar-refractivity contribution >= 4 is 23.1 Å². The van der Waals surface area contributed by atoms with Crippen LogP contribution in [0.5, 0.6) is 5.75 Å². The first-order chi connectivity index (χ1) is 16.9. The molecule has 0 saturated carbocycles. The van der Waals surface area contributed by atoms with Gasteiger partial charge in [0, 0.05) is 42.2 Å². The van der Waals surface area contributed by atoms with E-state index in [4.69, 9.17) is 14.6 Å². The number of hydrogen-bond acceptors (Lipinski definition) is 8. The van der Waals surface area contributed by atoms with Crippen LogP contribution >= 0.6 is 0 Å². The molecule has 1 unspecified atom stereocenters. The highest BCUT2D eigenvalue weighted by Crippen LogP contribution is 2.38. The van der Waals surface area contributed by atoms with E-state index in [0.29, 0.717) is 29.7 Å². The predicted octanol–water partition coefficient (Wildman–Crippen LogP) is 4.50. The first kappa shape index (κ1) is 23.8. The summed E-state index contributed by atoms with van der Waals surface area (Å²) in [5.74, 6) is 1.69. The van der Waals surface area contributed by atoms with Gasteiger partial charge in [0.05, 0.1) is 23.3 Å². The fourth-order valence-electron chi connectivity index (χ4n) is 3.79. The van der Waals surface area contributed by atoms with E-state index >= 15 is 0 Å². The van der Waals surface area contributed by atoms with E-state index in [9.17, 15) is 10.1 Å². The molecule has 4 rings (SSSR count). The highest BCUT2D eigenvalue weighted by molar-refractivity contribution is 5.97. The summed E-state index contributed by atoms with van der Waals surface area (Å²) < 4.78 is 12.2. The normalized spacial score (nSPS) is 15.7. The van der Waals surface area contributed by atoms with E-state index < -0.39 is 11.2 Å². The summed E-state index contributed by atoms with van der Waals surface area (Å²) in [4.78, 5) is 21.3. The predicted molar refractivity (Wildman–Crippen MR) is 133 cm³/mol. The minimum absolute atomic E-state index is 0.00410. The van der Waals surface area contributed by atoms with Crippen molar-refractivity contribution in [2.45, 2.75) is 19.7 Å². The first-order valence-electron chi connectivity index (χ1n) is 10.9. The van der Waals surface area contributed by atoms with Crippen molar-refractivity contribution in [2.75, 3.05) is 21.2 Å². The van der Waals surface area contributed by atoms with Crippen LogP contribution in [0.25, 0.3) is 0 Å². The monoisotopic (exact) mass is 474 g/mol. The number of hydrogen-bond donors (Lipinski definition) is 0. The molecule has 0 fully saturated rings. The van der Waals surface area contributed by atoms with Gasteiger partial charge in [0.2, 0.25) is 12.1 Å². The van der Waals surface area contributed by atoms with Gasteiger partial charge in [-0.05, 0) is 51.4 Å². The van der Waals surface area contributed by atoms with Crippen LogP contribution in [0.15, 0.2) is 77.1 Å². The van der Waals surface area contributed by atoms with E-state index in [-0.39, 0.29) is 5.69 Å². The lowest BCUT2D eigenvalue weighted by Crippen LogP contribution is -2.26. The molecule has 1 aromatic heterocycles. The van der Waals surface area contributed by atoms with Crippen molar-refractivity contribution in [1.82, 2.24) is 14.9 Å². The topological polar surface area (TPSA) is 106 Å². The second kappa shape index (κ2) is 10.3. The number of methoxy groups -OCH3 is 1. The lowest BCUT2D eigenvalue weighted by molar-refractivity contribution is -0.384. The number of non-ortho nitro benzene ring substituents is 1. The van der Waals surface area contributed by atoms with Crippen LogP contribution in [0.2, 0.25) is 0 Å². The van der Waals surface area contributed by atoms with Crippen molar-refractivity contribution in [3.63, 3.8) is 0 Å². The number of hydrazone groups is 1. The van der Waals surface area contributed by atoms with Crippen molar-refractivity contribution in [2.24, 2.45) is 10.1 Å². The van der Waals surface area contributed by atoms with Gasteiger partial charge in [-0.15, -0.1) is 5.10 Å². The summed E-state index contributed by atoms with van der Waals surface area (Å²) in [6.45, 7) is 2.50. The van der Waals surface area contributed by atoms with Crippen LogP contribution < -0.4 is 4.74 Å². The van der Waals surface area contributed by atoms with Gasteiger partial charge in [-0.1, -0.05) is 12.1 Å². The minimum atomic E-state index is -0.628. The van der Waals surface area contributed by atoms with Crippen LogP contribution in [0.4, 0.5) is 11.4 Å². The smallest absolute Gasteiger partial charge is 0.269 e.